The van der Waals surface area contributed by atoms with Crippen LogP contribution in [-0.4, -0.2) is 53.0 Å². The molecule has 1 aromatic heterocycles. The van der Waals surface area contributed by atoms with E-state index in [9.17, 15) is 13.2 Å². The molecule has 1 aliphatic heterocycles. The molecule has 1 aromatic rings. The molecule has 1 saturated heterocycles. The Bertz CT molecular complexity index is 578. The van der Waals surface area contributed by atoms with E-state index in [2.05, 4.69) is 34.0 Å². The van der Waals surface area contributed by atoms with Crippen molar-refractivity contribution in [3.05, 3.63) is 16.1 Å². The van der Waals surface area contributed by atoms with Crippen molar-refractivity contribution in [1.29, 1.82) is 0 Å². The van der Waals surface area contributed by atoms with Gasteiger partial charge in [-0.15, -0.1) is 35.3 Å². The van der Waals surface area contributed by atoms with E-state index in [4.69, 9.17) is 0 Å². The molecule has 0 radical (unpaired) electrons. The van der Waals surface area contributed by atoms with Crippen molar-refractivity contribution in [3.63, 3.8) is 0 Å². The second kappa shape index (κ2) is 10.9. The number of aliphatic imine (C=N–C) groups is 1. The number of guanidine groups is 1. The van der Waals surface area contributed by atoms with Crippen molar-refractivity contribution in [2.24, 2.45) is 10.9 Å². The zero-order valence-corrected chi connectivity index (χ0v) is 19.1. The Kier molecular flexibility index (Phi) is 10.0. The normalized spacial score (nSPS) is 18.8. The third kappa shape index (κ3) is 7.06. The van der Waals surface area contributed by atoms with Crippen LogP contribution < -0.4 is 5.32 Å². The summed E-state index contributed by atoms with van der Waals surface area (Å²) in [6.07, 6.45) is -3.95. The van der Waals surface area contributed by atoms with Crippen LogP contribution in [0.5, 0.6) is 0 Å². The minimum Gasteiger partial charge on any atom is -0.357 e. The molecule has 0 spiro atoms. The monoisotopic (exact) mass is 522 g/mol. The lowest BCUT2D eigenvalue weighted by atomic mass is 10.1. The van der Waals surface area contributed by atoms with Crippen LogP contribution >= 0.6 is 47.1 Å². The third-order valence-electron chi connectivity index (χ3n) is 3.90. The van der Waals surface area contributed by atoms with Crippen molar-refractivity contribution < 1.29 is 13.2 Å². The van der Waals surface area contributed by atoms with E-state index in [0.29, 0.717) is 29.1 Å². The van der Waals surface area contributed by atoms with Crippen molar-refractivity contribution in [1.82, 2.24) is 15.2 Å². The Hall–Kier alpha value is -0.230. The van der Waals surface area contributed by atoms with E-state index in [1.165, 1.54) is 0 Å². The van der Waals surface area contributed by atoms with Crippen LogP contribution in [0, 0.1) is 5.92 Å². The Morgan fingerprint density at radius 1 is 1.46 bits per heavy atom. The Morgan fingerprint density at radius 3 is 2.77 bits per heavy atom. The van der Waals surface area contributed by atoms with Crippen LogP contribution in [0.1, 0.15) is 31.5 Å². The van der Waals surface area contributed by atoms with Gasteiger partial charge >= 0.3 is 6.18 Å². The highest BCUT2D eigenvalue weighted by molar-refractivity contribution is 14.0. The van der Waals surface area contributed by atoms with Gasteiger partial charge in [0.15, 0.2) is 11.7 Å². The fourth-order valence-corrected chi connectivity index (χ4v) is 4.60. The molecule has 2 heterocycles. The Balaban J connectivity index is 0.00000338. The maximum Gasteiger partial charge on any atom is 0.434 e. The third-order valence-corrected chi connectivity index (χ3v) is 6.35. The van der Waals surface area contributed by atoms with E-state index in [1.807, 2.05) is 18.7 Å². The quantitative estimate of drug-likeness (QED) is 0.355. The second-order valence-electron chi connectivity index (χ2n) is 6.21. The second-order valence-corrected chi connectivity index (χ2v) is 8.50. The summed E-state index contributed by atoms with van der Waals surface area (Å²) in [6.45, 7) is 9.56. The van der Waals surface area contributed by atoms with E-state index < -0.39 is 11.9 Å². The van der Waals surface area contributed by atoms with E-state index in [1.54, 1.807) is 0 Å². The number of nitrogens with zero attached hydrogens (tertiary/aromatic N) is 3. The summed E-state index contributed by atoms with van der Waals surface area (Å²) in [4.78, 5) is 10.5. The largest absolute Gasteiger partial charge is 0.434 e. The van der Waals surface area contributed by atoms with E-state index in [-0.39, 0.29) is 24.0 Å². The lowest BCUT2D eigenvalue weighted by molar-refractivity contribution is -0.140. The molecule has 0 bridgehead atoms. The molecule has 0 saturated carbocycles. The van der Waals surface area contributed by atoms with Crippen LogP contribution in [0.4, 0.5) is 13.2 Å². The Morgan fingerprint density at radius 2 is 2.19 bits per heavy atom. The summed E-state index contributed by atoms with van der Waals surface area (Å²) >= 11 is 3.04. The summed E-state index contributed by atoms with van der Waals surface area (Å²) in [7, 11) is 0. The number of aromatic nitrogens is 1. The highest BCUT2D eigenvalue weighted by Crippen LogP contribution is 2.30. The van der Waals surface area contributed by atoms with Gasteiger partial charge in [-0.3, -0.25) is 4.99 Å². The molecule has 10 heteroatoms. The van der Waals surface area contributed by atoms with Gasteiger partial charge in [0.25, 0.3) is 0 Å². The van der Waals surface area contributed by atoms with Crippen LogP contribution in [0.15, 0.2) is 10.4 Å². The molecule has 1 N–H and O–H groups in total. The minimum atomic E-state index is -4.37. The zero-order valence-electron chi connectivity index (χ0n) is 15.2. The zero-order chi connectivity index (χ0) is 18.4. The maximum atomic E-state index is 12.6. The number of rotatable bonds is 5. The highest BCUT2D eigenvalue weighted by Gasteiger charge is 2.33. The molecule has 2 rings (SSSR count). The first-order chi connectivity index (χ1) is 11.8. The molecule has 150 valence electrons. The van der Waals surface area contributed by atoms with Gasteiger partial charge in [0, 0.05) is 49.0 Å². The summed E-state index contributed by atoms with van der Waals surface area (Å²) in [5, 5.41) is 5.41. The van der Waals surface area contributed by atoms with Crippen molar-refractivity contribution >= 4 is 53.0 Å². The lowest BCUT2D eigenvalue weighted by Gasteiger charge is -2.36. The van der Waals surface area contributed by atoms with Crippen LogP contribution in [0.3, 0.4) is 0 Å². The van der Waals surface area contributed by atoms with Crippen molar-refractivity contribution in [2.45, 2.75) is 38.6 Å². The fraction of sp³-hybridized carbons (Fsp3) is 0.750. The number of nitrogens with one attached hydrogen (secondary N) is 1. The minimum absolute atomic E-state index is 0. The topological polar surface area (TPSA) is 40.5 Å². The number of thiazole rings is 1. The van der Waals surface area contributed by atoms with Crippen molar-refractivity contribution in [3.8, 4) is 0 Å². The molecule has 1 unspecified atom stereocenters. The maximum absolute atomic E-state index is 12.6. The number of hydrogen-bond donors (Lipinski definition) is 1. The first-order valence-corrected chi connectivity index (χ1v) is 10.4. The number of hydrogen-bond acceptors (Lipinski definition) is 4. The summed E-state index contributed by atoms with van der Waals surface area (Å²) in [6, 6.07) is 0. The van der Waals surface area contributed by atoms with E-state index in [0.717, 1.165) is 48.1 Å². The summed E-state index contributed by atoms with van der Waals surface area (Å²) in [5.41, 5.74) is -0.809. The SMILES string of the molecule is CCNC(=NCCc1nc(C(F)(F)F)cs1)N1CCSC(C(C)C)C1.I. The molecule has 26 heavy (non-hydrogen) atoms. The van der Waals surface area contributed by atoms with Gasteiger partial charge in [-0.1, -0.05) is 13.8 Å². The molecular weight excluding hydrogens is 496 g/mol. The van der Waals surface area contributed by atoms with Gasteiger partial charge in [-0.25, -0.2) is 4.98 Å². The number of thioether (sulfide) groups is 1. The predicted molar refractivity (Wildman–Crippen MR) is 115 cm³/mol. The number of halogens is 4. The van der Waals surface area contributed by atoms with Gasteiger partial charge in [-0.05, 0) is 12.8 Å². The molecular formula is C16H26F3IN4S2. The smallest absolute Gasteiger partial charge is 0.357 e. The lowest BCUT2D eigenvalue weighted by Crippen LogP contribution is -2.49. The summed E-state index contributed by atoms with van der Waals surface area (Å²) in [5.74, 6) is 2.52. The first kappa shape index (κ1) is 23.8. The average molecular weight is 522 g/mol. The van der Waals surface area contributed by atoms with Gasteiger partial charge in [0.05, 0.1) is 5.01 Å². The van der Waals surface area contributed by atoms with Crippen LogP contribution in [0.25, 0.3) is 0 Å². The number of alkyl halides is 3. The molecule has 1 aliphatic rings. The fourth-order valence-electron chi connectivity index (χ4n) is 2.51. The summed E-state index contributed by atoms with van der Waals surface area (Å²) < 4.78 is 37.8. The predicted octanol–water partition coefficient (Wildman–Crippen LogP) is 4.36. The average Bonchev–Trinajstić information content (AvgIpc) is 3.03. The molecule has 1 atom stereocenters. The molecule has 4 nitrogen and oxygen atoms in total. The van der Waals surface area contributed by atoms with Gasteiger partial charge in [0.1, 0.15) is 0 Å². The van der Waals surface area contributed by atoms with Crippen LogP contribution in [0.2, 0.25) is 0 Å². The molecule has 1 fully saturated rings. The molecule has 0 aliphatic carbocycles. The van der Waals surface area contributed by atoms with Crippen LogP contribution in [-0.2, 0) is 12.6 Å². The highest BCUT2D eigenvalue weighted by atomic mass is 127. The van der Waals surface area contributed by atoms with Gasteiger partial charge in [-0.2, -0.15) is 24.9 Å². The first-order valence-electron chi connectivity index (χ1n) is 8.47. The van der Waals surface area contributed by atoms with Crippen molar-refractivity contribution in [2.75, 3.05) is 31.9 Å². The molecule has 0 amide bonds. The van der Waals surface area contributed by atoms with E-state index >= 15 is 0 Å². The standard InChI is InChI=1S/C16H25F3N4S2.HI/c1-4-20-15(23-7-8-24-12(9-23)11(2)3)21-6-5-14-22-13(10-25-14)16(17,18)19;/h10-12H,4-9H2,1-3H3,(H,20,21);1H. The van der Waals surface area contributed by atoms with Gasteiger partial charge in [0.2, 0.25) is 0 Å². The molecule has 0 aromatic carbocycles. The van der Waals surface area contributed by atoms with Gasteiger partial charge < -0.3 is 10.2 Å². The Labute approximate surface area is 178 Å².